The van der Waals surface area contributed by atoms with Crippen LogP contribution in [0.1, 0.15) is 33.1 Å². The van der Waals surface area contributed by atoms with Crippen LogP contribution in [0, 0.1) is 5.92 Å². The normalized spacial score (nSPS) is 29.0. The summed E-state index contributed by atoms with van der Waals surface area (Å²) in [5, 5.41) is 3.52. The van der Waals surface area contributed by atoms with Gasteiger partial charge in [0.15, 0.2) is 0 Å². The van der Waals surface area contributed by atoms with E-state index in [1.54, 1.807) is 0 Å². The molecule has 0 aliphatic carbocycles. The minimum Gasteiger partial charge on any atom is -0.314 e. The molecule has 0 radical (unpaired) electrons. The lowest BCUT2D eigenvalue weighted by Gasteiger charge is -2.26. The summed E-state index contributed by atoms with van der Waals surface area (Å²) in [6.07, 6.45) is 4.19. The lowest BCUT2D eigenvalue weighted by molar-refractivity contribution is 0.326. The van der Waals surface area contributed by atoms with Gasteiger partial charge in [0, 0.05) is 6.04 Å². The monoisotopic (exact) mass is 127 g/mol. The van der Waals surface area contributed by atoms with Crippen molar-refractivity contribution in [2.24, 2.45) is 5.92 Å². The minimum atomic E-state index is 0.804. The molecular formula is C8H17N. The van der Waals surface area contributed by atoms with Crippen LogP contribution in [0.3, 0.4) is 0 Å². The van der Waals surface area contributed by atoms with Crippen LogP contribution in [-0.2, 0) is 0 Å². The Hall–Kier alpha value is -0.0400. The van der Waals surface area contributed by atoms with Gasteiger partial charge in [0.1, 0.15) is 0 Å². The van der Waals surface area contributed by atoms with Crippen molar-refractivity contribution in [1.82, 2.24) is 5.32 Å². The van der Waals surface area contributed by atoms with Crippen molar-refractivity contribution in [3.63, 3.8) is 0 Å². The van der Waals surface area contributed by atoms with Crippen molar-refractivity contribution >= 4 is 0 Å². The maximum atomic E-state index is 3.52. The molecule has 54 valence electrons. The molecule has 0 unspecified atom stereocenters. The minimum absolute atomic E-state index is 0.804. The van der Waals surface area contributed by atoms with Gasteiger partial charge in [-0.2, -0.15) is 0 Å². The highest BCUT2D eigenvalue weighted by Gasteiger charge is 2.14. The van der Waals surface area contributed by atoms with E-state index in [9.17, 15) is 0 Å². The van der Waals surface area contributed by atoms with Crippen LogP contribution >= 0.6 is 0 Å². The zero-order valence-corrected chi connectivity index (χ0v) is 6.48. The molecule has 1 aliphatic heterocycles. The topological polar surface area (TPSA) is 12.0 Å². The molecule has 0 aromatic carbocycles. The third-order valence-electron chi connectivity index (χ3n) is 2.15. The first kappa shape index (κ1) is 7.07. The van der Waals surface area contributed by atoms with E-state index in [1.807, 2.05) is 0 Å². The molecule has 0 aromatic rings. The van der Waals surface area contributed by atoms with Crippen molar-refractivity contribution < 1.29 is 0 Å². The number of nitrogens with one attached hydrogen (secondary N) is 1. The average Bonchev–Trinajstić information content (AvgIpc) is 1.90. The predicted molar refractivity (Wildman–Crippen MR) is 40.5 cm³/mol. The maximum absolute atomic E-state index is 3.52. The van der Waals surface area contributed by atoms with Crippen LogP contribution in [-0.4, -0.2) is 12.6 Å². The van der Waals surface area contributed by atoms with E-state index in [4.69, 9.17) is 0 Å². The molecule has 0 bridgehead atoms. The molecule has 1 fully saturated rings. The summed E-state index contributed by atoms with van der Waals surface area (Å²) in [7, 11) is 0. The van der Waals surface area contributed by atoms with Gasteiger partial charge in [-0.05, 0) is 25.3 Å². The smallest absolute Gasteiger partial charge is 0.00900 e. The average molecular weight is 127 g/mol. The van der Waals surface area contributed by atoms with Gasteiger partial charge in [0.05, 0.1) is 0 Å². The van der Waals surface area contributed by atoms with Crippen molar-refractivity contribution in [2.75, 3.05) is 6.54 Å². The standard InChI is InChI=1S/C8H17N/c1-7(2)8-5-3-4-6-9-8/h7-9H,3-6H2,1-2H3/t8-/m0/s1. The predicted octanol–water partition coefficient (Wildman–Crippen LogP) is 1.78. The van der Waals surface area contributed by atoms with Crippen molar-refractivity contribution in [1.29, 1.82) is 0 Å². The molecule has 1 rings (SSSR count). The molecule has 1 atom stereocenters. The summed E-state index contributed by atoms with van der Waals surface area (Å²) in [5.74, 6) is 0.824. The Morgan fingerprint density at radius 1 is 1.33 bits per heavy atom. The molecule has 0 amide bonds. The van der Waals surface area contributed by atoms with Crippen LogP contribution < -0.4 is 5.32 Å². The number of piperidine rings is 1. The van der Waals surface area contributed by atoms with Crippen LogP contribution in [0.2, 0.25) is 0 Å². The van der Waals surface area contributed by atoms with Crippen LogP contribution in [0.5, 0.6) is 0 Å². The van der Waals surface area contributed by atoms with E-state index in [0.29, 0.717) is 0 Å². The van der Waals surface area contributed by atoms with Gasteiger partial charge in [0.2, 0.25) is 0 Å². The highest BCUT2D eigenvalue weighted by atomic mass is 14.9. The third-order valence-corrected chi connectivity index (χ3v) is 2.15. The van der Waals surface area contributed by atoms with Crippen molar-refractivity contribution in [3.05, 3.63) is 0 Å². The highest BCUT2D eigenvalue weighted by Crippen LogP contribution is 2.13. The van der Waals surface area contributed by atoms with E-state index in [-0.39, 0.29) is 0 Å². The first-order chi connectivity index (χ1) is 4.30. The van der Waals surface area contributed by atoms with Gasteiger partial charge < -0.3 is 5.32 Å². The Balaban J connectivity index is 2.23. The second-order valence-corrected chi connectivity index (χ2v) is 3.30. The lowest BCUT2D eigenvalue weighted by atomic mass is 9.95. The van der Waals surface area contributed by atoms with E-state index in [2.05, 4.69) is 19.2 Å². The summed E-state index contributed by atoms with van der Waals surface area (Å²) in [6, 6.07) is 0.804. The Labute approximate surface area is 57.8 Å². The molecule has 9 heavy (non-hydrogen) atoms. The molecule has 1 saturated heterocycles. The van der Waals surface area contributed by atoms with Crippen LogP contribution in [0.4, 0.5) is 0 Å². The fraction of sp³-hybridized carbons (Fsp3) is 1.00. The van der Waals surface area contributed by atoms with E-state index in [1.165, 1.54) is 25.8 Å². The molecule has 1 nitrogen and oxygen atoms in total. The van der Waals surface area contributed by atoms with Gasteiger partial charge in [-0.25, -0.2) is 0 Å². The summed E-state index contributed by atoms with van der Waals surface area (Å²) < 4.78 is 0. The largest absolute Gasteiger partial charge is 0.314 e. The van der Waals surface area contributed by atoms with Crippen molar-refractivity contribution in [3.8, 4) is 0 Å². The SMILES string of the molecule is CC(C)[C@@H]1CCCCN1. The first-order valence-corrected chi connectivity index (χ1v) is 4.04. The molecular weight excluding hydrogens is 110 g/mol. The summed E-state index contributed by atoms with van der Waals surface area (Å²) in [6.45, 7) is 5.83. The summed E-state index contributed by atoms with van der Waals surface area (Å²) >= 11 is 0. The van der Waals surface area contributed by atoms with Gasteiger partial charge in [-0.15, -0.1) is 0 Å². The Morgan fingerprint density at radius 2 is 2.11 bits per heavy atom. The van der Waals surface area contributed by atoms with E-state index >= 15 is 0 Å². The van der Waals surface area contributed by atoms with Gasteiger partial charge in [-0.1, -0.05) is 20.3 Å². The second kappa shape index (κ2) is 3.21. The van der Waals surface area contributed by atoms with Crippen LogP contribution in [0.25, 0.3) is 0 Å². The fourth-order valence-corrected chi connectivity index (χ4v) is 1.45. The number of rotatable bonds is 1. The highest BCUT2D eigenvalue weighted by molar-refractivity contribution is 4.74. The maximum Gasteiger partial charge on any atom is 0.00900 e. The van der Waals surface area contributed by atoms with Crippen molar-refractivity contribution in [2.45, 2.75) is 39.2 Å². The second-order valence-electron chi connectivity index (χ2n) is 3.30. The Bertz CT molecular complexity index is 72.6. The molecule has 0 saturated carbocycles. The molecule has 0 aromatic heterocycles. The summed E-state index contributed by atoms with van der Waals surface area (Å²) in [4.78, 5) is 0. The lowest BCUT2D eigenvalue weighted by Crippen LogP contribution is -2.37. The number of hydrogen-bond acceptors (Lipinski definition) is 1. The van der Waals surface area contributed by atoms with E-state index < -0.39 is 0 Å². The number of hydrogen-bond donors (Lipinski definition) is 1. The molecule has 1 aliphatic rings. The quantitative estimate of drug-likeness (QED) is 0.566. The zero-order valence-electron chi connectivity index (χ0n) is 6.48. The molecule has 0 spiro atoms. The zero-order chi connectivity index (χ0) is 6.69. The Kier molecular flexibility index (Phi) is 2.52. The third kappa shape index (κ3) is 1.98. The first-order valence-electron chi connectivity index (χ1n) is 4.04. The Morgan fingerprint density at radius 3 is 2.44 bits per heavy atom. The summed E-state index contributed by atoms with van der Waals surface area (Å²) in [5.41, 5.74) is 0. The van der Waals surface area contributed by atoms with Crippen LogP contribution in [0.15, 0.2) is 0 Å². The molecule has 1 heterocycles. The molecule has 1 heteroatoms. The van der Waals surface area contributed by atoms with Gasteiger partial charge in [-0.3, -0.25) is 0 Å². The van der Waals surface area contributed by atoms with E-state index in [0.717, 1.165) is 12.0 Å². The van der Waals surface area contributed by atoms with Gasteiger partial charge >= 0.3 is 0 Å². The molecule has 1 N–H and O–H groups in total. The fourth-order valence-electron chi connectivity index (χ4n) is 1.45. The van der Waals surface area contributed by atoms with Gasteiger partial charge in [0.25, 0.3) is 0 Å².